The molecule has 0 bridgehead atoms. The molecule has 1 fully saturated rings. The molecule has 0 aliphatic carbocycles. The molecule has 1 amide bonds. The highest BCUT2D eigenvalue weighted by Gasteiger charge is 2.20. The Hall–Kier alpha value is -1.35. The SMILES string of the molecule is O=C1CCC[C@@H](C[C@H](O)CCc2ccccc2)N1. The fourth-order valence-corrected chi connectivity index (χ4v) is 2.48. The van der Waals surface area contributed by atoms with Gasteiger partial charge in [-0.3, -0.25) is 4.79 Å². The number of carbonyl (C=O) groups is 1. The second-order valence-corrected chi connectivity index (χ2v) is 5.07. The van der Waals surface area contributed by atoms with E-state index in [0.717, 1.165) is 25.7 Å². The quantitative estimate of drug-likeness (QED) is 0.836. The van der Waals surface area contributed by atoms with Crippen LogP contribution in [0.4, 0.5) is 0 Å². The Morgan fingerprint density at radius 2 is 2.11 bits per heavy atom. The van der Waals surface area contributed by atoms with E-state index in [1.165, 1.54) is 5.56 Å². The van der Waals surface area contributed by atoms with Crippen molar-refractivity contribution in [2.45, 2.75) is 50.7 Å². The van der Waals surface area contributed by atoms with Crippen LogP contribution in [-0.2, 0) is 11.2 Å². The van der Waals surface area contributed by atoms with Gasteiger partial charge in [0.1, 0.15) is 0 Å². The topological polar surface area (TPSA) is 49.3 Å². The van der Waals surface area contributed by atoms with Gasteiger partial charge in [0, 0.05) is 12.5 Å². The van der Waals surface area contributed by atoms with Crippen molar-refractivity contribution in [3.05, 3.63) is 35.9 Å². The van der Waals surface area contributed by atoms with Gasteiger partial charge in [0.25, 0.3) is 0 Å². The number of amides is 1. The van der Waals surface area contributed by atoms with Gasteiger partial charge in [0.05, 0.1) is 6.10 Å². The van der Waals surface area contributed by atoms with E-state index in [-0.39, 0.29) is 18.1 Å². The molecule has 0 spiro atoms. The minimum absolute atomic E-state index is 0.126. The Bertz CT molecular complexity index is 377. The molecule has 98 valence electrons. The molecule has 2 atom stereocenters. The van der Waals surface area contributed by atoms with E-state index in [2.05, 4.69) is 17.4 Å². The molecule has 0 radical (unpaired) electrons. The van der Waals surface area contributed by atoms with Crippen molar-refractivity contribution in [3.63, 3.8) is 0 Å². The van der Waals surface area contributed by atoms with Crippen LogP contribution < -0.4 is 5.32 Å². The van der Waals surface area contributed by atoms with Crippen molar-refractivity contribution in [1.29, 1.82) is 0 Å². The van der Waals surface area contributed by atoms with Crippen molar-refractivity contribution in [2.75, 3.05) is 0 Å². The summed E-state index contributed by atoms with van der Waals surface area (Å²) in [5, 5.41) is 12.9. The zero-order valence-electron chi connectivity index (χ0n) is 10.6. The Kier molecular flexibility index (Phi) is 4.76. The van der Waals surface area contributed by atoms with Crippen LogP contribution in [-0.4, -0.2) is 23.2 Å². The summed E-state index contributed by atoms with van der Waals surface area (Å²) in [6, 6.07) is 10.4. The van der Waals surface area contributed by atoms with E-state index in [4.69, 9.17) is 0 Å². The number of rotatable bonds is 5. The number of carbonyl (C=O) groups excluding carboxylic acids is 1. The summed E-state index contributed by atoms with van der Waals surface area (Å²) in [6.45, 7) is 0. The van der Waals surface area contributed by atoms with E-state index in [1.807, 2.05) is 18.2 Å². The first kappa shape index (κ1) is 13.1. The average molecular weight is 247 g/mol. The van der Waals surface area contributed by atoms with E-state index >= 15 is 0 Å². The lowest BCUT2D eigenvalue weighted by atomic mass is 9.96. The fraction of sp³-hybridized carbons (Fsp3) is 0.533. The van der Waals surface area contributed by atoms with Crippen LogP contribution in [0.25, 0.3) is 0 Å². The summed E-state index contributed by atoms with van der Waals surface area (Å²) < 4.78 is 0. The lowest BCUT2D eigenvalue weighted by molar-refractivity contribution is -0.123. The molecule has 3 heteroatoms. The third-order valence-electron chi connectivity index (χ3n) is 3.49. The van der Waals surface area contributed by atoms with Gasteiger partial charge in [-0.1, -0.05) is 30.3 Å². The lowest BCUT2D eigenvalue weighted by Gasteiger charge is -2.25. The van der Waals surface area contributed by atoms with Gasteiger partial charge in [-0.05, 0) is 37.7 Å². The Morgan fingerprint density at radius 1 is 1.33 bits per heavy atom. The van der Waals surface area contributed by atoms with Crippen molar-refractivity contribution in [1.82, 2.24) is 5.32 Å². The molecule has 18 heavy (non-hydrogen) atoms. The highest BCUT2D eigenvalue weighted by atomic mass is 16.3. The summed E-state index contributed by atoms with van der Waals surface area (Å²) in [7, 11) is 0. The molecule has 1 saturated heterocycles. The number of hydrogen-bond acceptors (Lipinski definition) is 2. The molecule has 0 saturated carbocycles. The number of aliphatic hydroxyl groups is 1. The summed E-state index contributed by atoms with van der Waals surface area (Å²) in [5.74, 6) is 0.126. The monoisotopic (exact) mass is 247 g/mol. The normalized spacial score (nSPS) is 21.4. The van der Waals surface area contributed by atoms with Gasteiger partial charge >= 0.3 is 0 Å². The molecular weight excluding hydrogens is 226 g/mol. The Labute approximate surface area is 108 Å². The van der Waals surface area contributed by atoms with Crippen LogP contribution in [0.2, 0.25) is 0 Å². The maximum atomic E-state index is 11.2. The fourth-order valence-electron chi connectivity index (χ4n) is 2.48. The van der Waals surface area contributed by atoms with E-state index in [9.17, 15) is 9.90 Å². The van der Waals surface area contributed by atoms with Gasteiger partial charge in [0.15, 0.2) is 0 Å². The minimum atomic E-state index is -0.325. The molecule has 1 aliphatic rings. The summed E-state index contributed by atoms with van der Waals surface area (Å²) >= 11 is 0. The maximum Gasteiger partial charge on any atom is 0.220 e. The standard InChI is InChI=1S/C15H21NO2/c17-14(10-9-12-5-2-1-3-6-12)11-13-7-4-8-15(18)16-13/h1-3,5-6,13-14,17H,4,7-11H2,(H,16,18)/t13-,14+/m0/s1. The van der Waals surface area contributed by atoms with Crippen LogP contribution >= 0.6 is 0 Å². The van der Waals surface area contributed by atoms with Gasteiger partial charge in [-0.15, -0.1) is 0 Å². The molecular formula is C15H21NO2. The molecule has 2 N–H and O–H groups in total. The molecule has 1 heterocycles. The zero-order chi connectivity index (χ0) is 12.8. The van der Waals surface area contributed by atoms with Crippen LogP contribution in [0.15, 0.2) is 30.3 Å². The highest BCUT2D eigenvalue weighted by Crippen LogP contribution is 2.15. The molecule has 1 aromatic carbocycles. The first-order valence-corrected chi connectivity index (χ1v) is 6.75. The number of piperidine rings is 1. The van der Waals surface area contributed by atoms with Gasteiger partial charge in [-0.25, -0.2) is 0 Å². The molecule has 1 aromatic rings. The minimum Gasteiger partial charge on any atom is -0.393 e. The maximum absolute atomic E-state index is 11.2. The Morgan fingerprint density at radius 3 is 2.83 bits per heavy atom. The van der Waals surface area contributed by atoms with Crippen molar-refractivity contribution in [3.8, 4) is 0 Å². The van der Waals surface area contributed by atoms with E-state index < -0.39 is 0 Å². The van der Waals surface area contributed by atoms with Crippen LogP contribution in [0.1, 0.15) is 37.7 Å². The number of hydrogen-bond donors (Lipinski definition) is 2. The largest absolute Gasteiger partial charge is 0.393 e. The van der Waals surface area contributed by atoms with Gasteiger partial charge in [0.2, 0.25) is 5.91 Å². The highest BCUT2D eigenvalue weighted by molar-refractivity contribution is 5.76. The second kappa shape index (κ2) is 6.55. The Balaban J connectivity index is 1.71. The summed E-state index contributed by atoms with van der Waals surface area (Å²) in [6.07, 6.45) is 4.58. The lowest BCUT2D eigenvalue weighted by Crippen LogP contribution is -2.40. The van der Waals surface area contributed by atoms with Crippen molar-refractivity contribution < 1.29 is 9.90 Å². The number of aryl methyl sites for hydroxylation is 1. The van der Waals surface area contributed by atoms with E-state index in [0.29, 0.717) is 12.8 Å². The third kappa shape index (κ3) is 4.15. The van der Waals surface area contributed by atoms with Crippen LogP contribution in [0, 0.1) is 0 Å². The van der Waals surface area contributed by atoms with Crippen LogP contribution in [0.3, 0.4) is 0 Å². The predicted octanol–water partition coefficient (Wildman–Crippen LogP) is 2.04. The first-order valence-electron chi connectivity index (χ1n) is 6.75. The third-order valence-corrected chi connectivity index (χ3v) is 3.49. The number of benzene rings is 1. The first-order chi connectivity index (χ1) is 8.74. The van der Waals surface area contributed by atoms with Crippen molar-refractivity contribution in [2.24, 2.45) is 0 Å². The molecule has 1 aliphatic heterocycles. The molecule has 0 unspecified atom stereocenters. The predicted molar refractivity (Wildman–Crippen MR) is 71.2 cm³/mol. The zero-order valence-corrected chi connectivity index (χ0v) is 10.6. The van der Waals surface area contributed by atoms with E-state index in [1.54, 1.807) is 0 Å². The number of aliphatic hydroxyl groups excluding tert-OH is 1. The van der Waals surface area contributed by atoms with Crippen molar-refractivity contribution >= 4 is 5.91 Å². The smallest absolute Gasteiger partial charge is 0.220 e. The van der Waals surface area contributed by atoms with Crippen LogP contribution in [0.5, 0.6) is 0 Å². The molecule has 3 nitrogen and oxygen atoms in total. The summed E-state index contributed by atoms with van der Waals surface area (Å²) in [4.78, 5) is 11.2. The van der Waals surface area contributed by atoms with Gasteiger partial charge in [-0.2, -0.15) is 0 Å². The number of nitrogens with one attached hydrogen (secondary N) is 1. The second-order valence-electron chi connectivity index (χ2n) is 5.07. The average Bonchev–Trinajstić information content (AvgIpc) is 2.38. The summed E-state index contributed by atoms with van der Waals surface area (Å²) in [5.41, 5.74) is 1.25. The molecule has 2 rings (SSSR count). The molecule has 0 aromatic heterocycles. The van der Waals surface area contributed by atoms with Gasteiger partial charge < -0.3 is 10.4 Å².